The lowest BCUT2D eigenvalue weighted by Gasteiger charge is -2.09. The monoisotopic (exact) mass is 415 g/mol. The maximum absolute atomic E-state index is 12.1. The Morgan fingerprint density at radius 1 is 0.900 bits per heavy atom. The number of nitrogens with zero attached hydrogens (tertiary/aromatic N) is 1. The van der Waals surface area contributed by atoms with Gasteiger partial charge in [-0.25, -0.2) is 4.79 Å². The third-order valence-electron chi connectivity index (χ3n) is 4.55. The van der Waals surface area contributed by atoms with E-state index in [1.807, 2.05) is 0 Å². The van der Waals surface area contributed by atoms with E-state index < -0.39 is 18.0 Å². The van der Waals surface area contributed by atoms with Crippen molar-refractivity contribution in [3.63, 3.8) is 0 Å². The summed E-state index contributed by atoms with van der Waals surface area (Å²) in [6.07, 6.45) is 5.36. The van der Waals surface area contributed by atoms with Crippen LogP contribution in [-0.4, -0.2) is 41.3 Å². The minimum Gasteiger partial charge on any atom is -0.487 e. The summed E-state index contributed by atoms with van der Waals surface area (Å²) >= 11 is 0. The highest BCUT2D eigenvalue weighted by Gasteiger charge is 2.20. The summed E-state index contributed by atoms with van der Waals surface area (Å²) < 4.78 is 10.7. The van der Waals surface area contributed by atoms with Crippen molar-refractivity contribution in [2.24, 2.45) is 0 Å². The van der Waals surface area contributed by atoms with Crippen molar-refractivity contribution < 1.29 is 29.2 Å². The Kier molecular flexibility index (Phi) is 9.83. The number of nitro groups is 1. The van der Waals surface area contributed by atoms with Gasteiger partial charge in [-0.05, 0) is 30.4 Å². The number of hydrogen-bond acceptors (Lipinski definition) is 7. The van der Waals surface area contributed by atoms with Crippen molar-refractivity contribution in [1.82, 2.24) is 0 Å². The number of carbonyl (C=O) groups excluding carboxylic acids is 1. The minimum absolute atomic E-state index is 0.0248. The number of ether oxygens (including phenoxy) is 2. The molecule has 0 amide bonds. The lowest BCUT2D eigenvalue weighted by molar-refractivity contribution is -0.385. The van der Waals surface area contributed by atoms with Gasteiger partial charge in [-0.3, -0.25) is 10.1 Å². The van der Waals surface area contributed by atoms with Gasteiger partial charge in [-0.1, -0.05) is 56.0 Å². The molecule has 2 rings (SSSR count). The van der Waals surface area contributed by atoms with Crippen molar-refractivity contribution in [2.45, 2.75) is 38.5 Å². The van der Waals surface area contributed by atoms with E-state index in [-0.39, 0.29) is 23.3 Å². The fourth-order valence-electron chi connectivity index (χ4n) is 2.97. The molecule has 9 heteroatoms. The van der Waals surface area contributed by atoms with Crippen LogP contribution in [0.2, 0.25) is 0 Å². The molecule has 0 atom stereocenters. The van der Waals surface area contributed by atoms with Gasteiger partial charge in [0.25, 0.3) is 0 Å². The van der Waals surface area contributed by atoms with Crippen LogP contribution in [0.15, 0.2) is 48.5 Å². The van der Waals surface area contributed by atoms with Gasteiger partial charge in [0, 0.05) is 6.07 Å². The normalized spacial score (nSPS) is 10.5. The molecule has 30 heavy (non-hydrogen) atoms. The van der Waals surface area contributed by atoms with E-state index in [1.165, 1.54) is 18.2 Å². The van der Waals surface area contributed by atoms with Crippen LogP contribution in [0.25, 0.3) is 0 Å². The third kappa shape index (κ3) is 7.49. The molecular formula is C21H26BNO7. The van der Waals surface area contributed by atoms with Crippen LogP contribution in [-0.2, 0) is 4.74 Å². The fraction of sp³-hybridized carbons (Fsp3) is 0.381. The second-order valence-electron chi connectivity index (χ2n) is 6.79. The topological polar surface area (TPSA) is 119 Å². The number of nitro benzene ring substituents is 1. The van der Waals surface area contributed by atoms with E-state index >= 15 is 0 Å². The maximum atomic E-state index is 12.1. The molecule has 160 valence electrons. The molecule has 0 unspecified atom stereocenters. The third-order valence-corrected chi connectivity index (χ3v) is 4.55. The minimum atomic E-state index is -1.72. The lowest BCUT2D eigenvalue weighted by atomic mass is 9.77. The van der Waals surface area contributed by atoms with Crippen molar-refractivity contribution in [1.29, 1.82) is 0 Å². The van der Waals surface area contributed by atoms with Crippen molar-refractivity contribution in [3.05, 3.63) is 64.2 Å². The molecule has 0 aromatic heterocycles. The Morgan fingerprint density at radius 2 is 1.50 bits per heavy atom. The van der Waals surface area contributed by atoms with E-state index in [1.54, 1.807) is 30.3 Å². The van der Waals surface area contributed by atoms with Gasteiger partial charge in [0.05, 0.1) is 23.7 Å². The average molecular weight is 415 g/mol. The molecule has 0 aliphatic carbocycles. The van der Waals surface area contributed by atoms with E-state index in [0.717, 1.165) is 38.5 Å². The number of esters is 1. The summed E-state index contributed by atoms with van der Waals surface area (Å²) in [5.41, 5.74) is 0.264. The van der Waals surface area contributed by atoms with Crippen LogP contribution < -0.4 is 10.2 Å². The van der Waals surface area contributed by atoms with E-state index in [2.05, 4.69) is 0 Å². The molecule has 0 spiro atoms. The summed E-state index contributed by atoms with van der Waals surface area (Å²) in [4.78, 5) is 22.5. The Morgan fingerprint density at radius 3 is 2.20 bits per heavy atom. The second kappa shape index (κ2) is 12.6. The molecule has 2 aromatic carbocycles. The molecule has 0 saturated carbocycles. The van der Waals surface area contributed by atoms with Crippen LogP contribution >= 0.6 is 0 Å². The van der Waals surface area contributed by atoms with Gasteiger partial charge < -0.3 is 19.5 Å². The van der Waals surface area contributed by atoms with Crippen LogP contribution in [0.3, 0.4) is 0 Å². The van der Waals surface area contributed by atoms with Crippen molar-refractivity contribution in [2.75, 3.05) is 13.2 Å². The largest absolute Gasteiger partial charge is 0.489 e. The zero-order chi connectivity index (χ0) is 21.8. The van der Waals surface area contributed by atoms with Gasteiger partial charge in [-0.15, -0.1) is 0 Å². The summed E-state index contributed by atoms with van der Waals surface area (Å²) in [5, 5.41) is 29.5. The molecule has 2 aromatic rings. The van der Waals surface area contributed by atoms with Gasteiger partial charge >= 0.3 is 18.8 Å². The SMILES string of the molecule is O=C(OCCCCCCCCOc1ccccc1[N+](=O)[O-])c1ccccc1B(O)O. The molecule has 0 aliphatic rings. The molecule has 0 radical (unpaired) electrons. The molecule has 0 aliphatic heterocycles. The fourth-order valence-corrected chi connectivity index (χ4v) is 2.97. The predicted octanol–water partition coefficient (Wildman–Crippen LogP) is 2.85. The van der Waals surface area contributed by atoms with Crippen molar-refractivity contribution >= 4 is 24.2 Å². The average Bonchev–Trinajstić information content (AvgIpc) is 2.75. The van der Waals surface area contributed by atoms with Gasteiger partial charge in [-0.2, -0.15) is 0 Å². The zero-order valence-electron chi connectivity index (χ0n) is 16.7. The second-order valence-corrected chi connectivity index (χ2v) is 6.79. The Bertz CT molecular complexity index is 829. The van der Waals surface area contributed by atoms with Gasteiger partial charge in [0.2, 0.25) is 0 Å². The smallest absolute Gasteiger partial charge is 0.487 e. The number of carbonyl (C=O) groups is 1. The Hall–Kier alpha value is -2.91. The van der Waals surface area contributed by atoms with E-state index in [0.29, 0.717) is 12.4 Å². The zero-order valence-corrected chi connectivity index (χ0v) is 16.7. The molecule has 8 nitrogen and oxygen atoms in total. The lowest BCUT2D eigenvalue weighted by Crippen LogP contribution is -2.35. The summed E-state index contributed by atoms with van der Waals surface area (Å²) in [7, 11) is -1.72. The number of rotatable bonds is 13. The summed E-state index contributed by atoms with van der Waals surface area (Å²) in [6, 6.07) is 12.6. The van der Waals surface area contributed by atoms with Crippen LogP contribution in [0.4, 0.5) is 5.69 Å². The van der Waals surface area contributed by atoms with Gasteiger partial charge in [0.15, 0.2) is 5.75 Å². The van der Waals surface area contributed by atoms with Crippen LogP contribution in [0.5, 0.6) is 5.75 Å². The first-order valence-corrected chi connectivity index (χ1v) is 9.99. The van der Waals surface area contributed by atoms with Crippen LogP contribution in [0, 0.1) is 10.1 Å². The quantitative estimate of drug-likeness (QED) is 0.170. The highest BCUT2D eigenvalue weighted by molar-refractivity contribution is 6.60. The molecular weight excluding hydrogens is 389 g/mol. The molecule has 0 heterocycles. The predicted molar refractivity (Wildman–Crippen MR) is 113 cm³/mol. The standard InChI is InChI=1S/C21H26BNO7/c24-21(17-11-5-6-12-18(17)22(25)26)30-16-10-4-2-1-3-9-15-29-20-14-8-7-13-19(20)23(27)28/h5-8,11-14,25-26H,1-4,9-10,15-16H2. The number of benzene rings is 2. The summed E-state index contributed by atoms with van der Waals surface area (Å²) in [5.74, 6) is -0.273. The first-order valence-electron chi connectivity index (χ1n) is 9.99. The summed E-state index contributed by atoms with van der Waals surface area (Å²) in [6.45, 7) is 0.702. The number of para-hydroxylation sites is 2. The highest BCUT2D eigenvalue weighted by atomic mass is 16.6. The highest BCUT2D eigenvalue weighted by Crippen LogP contribution is 2.25. The first kappa shape index (κ1) is 23.4. The Balaban J connectivity index is 1.54. The number of hydrogen-bond donors (Lipinski definition) is 2. The van der Waals surface area contributed by atoms with Gasteiger partial charge in [0.1, 0.15) is 0 Å². The maximum Gasteiger partial charge on any atom is 0.489 e. The molecule has 2 N–H and O–H groups in total. The van der Waals surface area contributed by atoms with Crippen molar-refractivity contribution in [3.8, 4) is 5.75 Å². The number of unbranched alkanes of at least 4 members (excludes halogenated alkanes) is 5. The molecule has 0 bridgehead atoms. The molecule has 0 fully saturated rings. The molecule has 0 saturated heterocycles. The van der Waals surface area contributed by atoms with E-state index in [9.17, 15) is 25.0 Å². The first-order chi connectivity index (χ1) is 14.5. The Labute approximate surface area is 175 Å². The van der Waals surface area contributed by atoms with E-state index in [4.69, 9.17) is 9.47 Å². The van der Waals surface area contributed by atoms with Crippen LogP contribution in [0.1, 0.15) is 48.9 Å².